The summed E-state index contributed by atoms with van der Waals surface area (Å²) in [6, 6.07) is 5.15. The summed E-state index contributed by atoms with van der Waals surface area (Å²) >= 11 is 0. The number of rotatable bonds is 3. The third kappa shape index (κ3) is 4.02. The lowest BCUT2D eigenvalue weighted by atomic mass is 10.1. The molecule has 0 saturated carbocycles. The van der Waals surface area contributed by atoms with E-state index >= 15 is 0 Å². The Balaban J connectivity index is 1.43. The van der Waals surface area contributed by atoms with Crippen LogP contribution in [0.2, 0.25) is 0 Å². The Labute approximate surface area is 187 Å². The molecule has 0 aromatic carbocycles. The lowest BCUT2D eigenvalue weighted by Crippen LogP contribution is -2.49. The number of carbonyl (C=O) groups excluding carboxylic acids is 3. The molecule has 0 unspecified atom stereocenters. The molecule has 0 aliphatic carbocycles. The van der Waals surface area contributed by atoms with Gasteiger partial charge in [0.25, 0.3) is 5.91 Å². The monoisotopic (exact) mass is 436 g/mol. The van der Waals surface area contributed by atoms with Crippen molar-refractivity contribution < 1.29 is 14.4 Å². The van der Waals surface area contributed by atoms with Gasteiger partial charge < -0.3 is 9.80 Å². The Kier molecular flexibility index (Phi) is 5.82. The lowest BCUT2D eigenvalue weighted by Gasteiger charge is -2.36. The van der Waals surface area contributed by atoms with Crippen LogP contribution in [0.15, 0.2) is 24.4 Å². The number of urea groups is 1. The van der Waals surface area contributed by atoms with Gasteiger partial charge in [-0.3, -0.25) is 19.4 Å². The number of aromatic nitrogens is 2. The second kappa shape index (κ2) is 8.57. The van der Waals surface area contributed by atoms with E-state index in [0.29, 0.717) is 43.3 Å². The van der Waals surface area contributed by atoms with Crippen LogP contribution in [0.4, 0.5) is 16.4 Å². The number of hydrogen-bond donors (Lipinski definition) is 0. The third-order valence-electron chi connectivity index (χ3n) is 6.02. The quantitative estimate of drug-likeness (QED) is 0.732. The van der Waals surface area contributed by atoms with E-state index in [-0.39, 0.29) is 17.8 Å². The fourth-order valence-corrected chi connectivity index (χ4v) is 4.30. The molecule has 2 aromatic rings. The minimum Gasteiger partial charge on any atom is -0.353 e. The zero-order chi connectivity index (χ0) is 23.0. The van der Waals surface area contributed by atoms with E-state index in [0.717, 1.165) is 30.0 Å². The molecule has 0 radical (unpaired) electrons. The van der Waals surface area contributed by atoms with Crippen LogP contribution in [0.5, 0.6) is 0 Å². The van der Waals surface area contributed by atoms with Crippen LogP contribution in [0, 0.1) is 20.8 Å². The molecule has 9 heteroatoms. The van der Waals surface area contributed by atoms with E-state index in [1.54, 1.807) is 19.1 Å². The molecule has 4 amide bonds. The Morgan fingerprint density at radius 1 is 0.969 bits per heavy atom. The molecular formula is C23H28N6O3. The number of carbonyl (C=O) groups is 3. The van der Waals surface area contributed by atoms with Crippen molar-refractivity contribution in [2.45, 2.75) is 27.7 Å². The molecule has 2 aromatic heterocycles. The van der Waals surface area contributed by atoms with Crippen molar-refractivity contribution in [2.75, 3.05) is 49.1 Å². The van der Waals surface area contributed by atoms with Gasteiger partial charge in [0, 0.05) is 52.4 Å². The molecule has 4 heterocycles. The predicted octanol–water partition coefficient (Wildman–Crippen LogP) is 2.15. The second-order valence-corrected chi connectivity index (χ2v) is 8.34. The number of amides is 4. The Bertz CT molecular complexity index is 1080. The molecule has 4 rings (SSSR count). The first-order valence-electron chi connectivity index (χ1n) is 10.8. The summed E-state index contributed by atoms with van der Waals surface area (Å²) < 4.78 is 0. The second-order valence-electron chi connectivity index (χ2n) is 8.34. The van der Waals surface area contributed by atoms with Gasteiger partial charge in [-0.25, -0.2) is 14.8 Å². The summed E-state index contributed by atoms with van der Waals surface area (Å²) in [5.74, 6) is 1.09. The highest BCUT2D eigenvalue weighted by Crippen LogP contribution is 2.23. The van der Waals surface area contributed by atoms with Crippen LogP contribution >= 0.6 is 0 Å². The Hall–Kier alpha value is -3.49. The van der Waals surface area contributed by atoms with E-state index in [1.165, 1.54) is 16.7 Å². The van der Waals surface area contributed by atoms with E-state index in [4.69, 9.17) is 0 Å². The van der Waals surface area contributed by atoms with Crippen molar-refractivity contribution in [3.8, 4) is 0 Å². The highest BCUT2D eigenvalue weighted by atomic mass is 16.2. The molecule has 0 atom stereocenters. The number of anilines is 2. The average Bonchev–Trinajstić information content (AvgIpc) is 3.15. The smallest absolute Gasteiger partial charge is 0.332 e. The van der Waals surface area contributed by atoms with E-state index < -0.39 is 0 Å². The van der Waals surface area contributed by atoms with Crippen molar-refractivity contribution in [2.24, 2.45) is 0 Å². The standard InChI is InChI=1S/C23H28N6O3/c1-15-13-16(2)21(24-14-15)26-7-9-27(10-8-26)22(31)19-5-6-20(25-17(19)3)29-12-11-28(18(4)30)23(29)32/h5-6,13-14H,7-12H2,1-4H3. The summed E-state index contributed by atoms with van der Waals surface area (Å²) in [4.78, 5) is 52.9. The fourth-order valence-electron chi connectivity index (χ4n) is 4.30. The van der Waals surface area contributed by atoms with Gasteiger partial charge in [0.05, 0.1) is 11.3 Å². The number of nitrogens with zero attached hydrogens (tertiary/aromatic N) is 6. The maximum Gasteiger partial charge on any atom is 0.332 e. The number of pyridine rings is 2. The van der Waals surface area contributed by atoms with Gasteiger partial charge >= 0.3 is 6.03 Å². The molecule has 0 spiro atoms. The molecule has 2 fully saturated rings. The van der Waals surface area contributed by atoms with Gasteiger partial charge in [-0.2, -0.15) is 0 Å². The van der Waals surface area contributed by atoms with Crippen LogP contribution in [0.3, 0.4) is 0 Å². The van der Waals surface area contributed by atoms with Crippen molar-refractivity contribution in [3.05, 3.63) is 46.8 Å². The maximum absolute atomic E-state index is 13.1. The molecule has 2 aliphatic heterocycles. The summed E-state index contributed by atoms with van der Waals surface area (Å²) in [5, 5.41) is 0. The highest BCUT2D eigenvalue weighted by molar-refractivity contribution is 6.04. The number of imide groups is 1. The van der Waals surface area contributed by atoms with Gasteiger partial charge in [-0.15, -0.1) is 0 Å². The van der Waals surface area contributed by atoms with Gasteiger partial charge in [0.2, 0.25) is 5.91 Å². The lowest BCUT2D eigenvalue weighted by molar-refractivity contribution is -0.125. The van der Waals surface area contributed by atoms with Gasteiger partial charge in [-0.05, 0) is 44.0 Å². The van der Waals surface area contributed by atoms with Gasteiger partial charge in [0.1, 0.15) is 11.6 Å². The molecular weight excluding hydrogens is 408 g/mol. The minimum atomic E-state index is -0.375. The number of piperazine rings is 1. The van der Waals surface area contributed by atoms with Gasteiger partial charge in [0.15, 0.2) is 0 Å². The Morgan fingerprint density at radius 3 is 2.28 bits per heavy atom. The number of hydrogen-bond acceptors (Lipinski definition) is 6. The van der Waals surface area contributed by atoms with Crippen molar-refractivity contribution in [3.63, 3.8) is 0 Å². The van der Waals surface area contributed by atoms with Gasteiger partial charge in [-0.1, -0.05) is 6.07 Å². The molecule has 32 heavy (non-hydrogen) atoms. The van der Waals surface area contributed by atoms with Crippen molar-refractivity contribution >= 4 is 29.5 Å². The van der Waals surface area contributed by atoms with E-state index in [2.05, 4.69) is 27.9 Å². The van der Waals surface area contributed by atoms with Crippen LogP contribution in [-0.4, -0.2) is 76.9 Å². The minimum absolute atomic E-state index is 0.0621. The third-order valence-corrected chi connectivity index (χ3v) is 6.02. The normalized spacial score (nSPS) is 16.7. The molecule has 9 nitrogen and oxygen atoms in total. The topological polar surface area (TPSA) is 90.0 Å². The fraction of sp³-hybridized carbons (Fsp3) is 0.435. The summed E-state index contributed by atoms with van der Waals surface area (Å²) in [7, 11) is 0. The predicted molar refractivity (Wildman–Crippen MR) is 121 cm³/mol. The summed E-state index contributed by atoms with van der Waals surface area (Å²) in [6.45, 7) is 10.6. The molecule has 2 aliphatic rings. The molecule has 0 N–H and O–H groups in total. The summed E-state index contributed by atoms with van der Waals surface area (Å²) in [6.07, 6.45) is 1.87. The largest absolute Gasteiger partial charge is 0.353 e. The first-order chi connectivity index (χ1) is 15.3. The molecule has 0 bridgehead atoms. The number of aryl methyl sites for hydroxylation is 3. The molecule has 168 valence electrons. The highest BCUT2D eigenvalue weighted by Gasteiger charge is 2.33. The summed E-state index contributed by atoms with van der Waals surface area (Å²) in [5.41, 5.74) is 3.37. The first-order valence-corrected chi connectivity index (χ1v) is 10.8. The average molecular weight is 437 g/mol. The van der Waals surface area contributed by atoms with E-state index in [9.17, 15) is 14.4 Å². The zero-order valence-electron chi connectivity index (χ0n) is 19.0. The van der Waals surface area contributed by atoms with Crippen molar-refractivity contribution in [1.29, 1.82) is 0 Å². The van der Waals surface area contributed by atoms with Crippen LogP contribution in [0.1, 0.15) is 34.1 Å². The van der Waals surface area contributed by atoms with Crippen LogP contribution in [-0.2, 0) is 4.79 Å². The van der Waals surface area contributed by atoms with E-state index in [1.807, 2.05) is 18.0 Å². The first kappa shape index (κ1) is 21.7. The van der Waals surface area contributed by atoms with Crippen LogP contribution in [0.25, 0.3) is 0 Å². The Morgan fingerprint density at radius 2 is 1.69 bits per heavy atom. The maximum atomic E-state index is 13.1. The zero-order valence-corrected chi connectivity index (χ0v) is 19.0. The van der Waals surface area contributed by atoms with Crippen molar-refractivity contribution in [1.82, 2.24) is 19.8 Å². The SMILES string of the molecule is CC(=O)N1CCN(c2ccc(C(=O)N3CCN(c4ncc(C)cc4C)CC3)c(C)n2)C1=O. The molecule has 2 saturated heterocycles. The van der Waals surface area contributed by atoms with Crippen LogP contribution < -0.4 is 9.80 Å².